The Labute approximate surface area is 92.9 Å². The van der Waals surface area contributed by atoms with Crippen LogP contribution in [-0.2, 0) is 0 Å². The summed E-state index contributed by atoms with van der Waals surface area (Å²) in [4.78, 5) is 0. The quantitative estimate of drug-likeness (QED) is 0.714. The molecule has 0 bridgehead atoms. The van der Waals surface area contributed by atoms with Gasteiger partial charge < -0.3 is 0 Å². The zero-order valence-electron chi connectivity index (χ0n) is 8.45. The van der Waals surface area contributed by atoms with E-state index in [0.717, 1.165) is 0 Å². The maximum atomic E-state index is 12.7. The fourth-order valence-corrected chi connectivity index (χ4v) is 1.43. The molecule has 0 heterocycles. The third kappa shape index (κ3) is 2.16. The summed E-state index contributed by atoms with van der Waals surface area (Å²) < 4.78 is 25.4. The molecule has 0 spiro atoms. The molecule has 0 aromatic heterocycles. The summed E-state index contributed by atoms with van der Waals surface area (Å²) in [6, 6.07) is 11.7. The molecule has 0 aliphatic heterocycles. The molecule has 2 aromatic carbocycles. The van der Waals surface area contributed by atoms with E-state index in [0.29, 0.717) is 16.7 Å². The first kappa shape index (κ1) is 10.6. The van der Waals surface area contributed by atoms with Crippen molar-refractivity contribution in [3.05, 3.63) is 77.9 Å². The lowest BCUT2D eigenvalue weighted by Crippen LogP contribution is -1.87. The third-order valence-electron chi connectivity index (χ3n) is 2.31. The number of benzene rings is 2. The second-order valence-corrected chi connectivity index (χ2v) is 3.43. The van der Waals surface area contributed by atoms with Crippen LogP contribution in [0.25, 0.3) is 5.57 Å². The monoisotopic (exact) mass is 215 g/mol. The van der Waals surface area contributed by atoms with Crippen molar-refractivity contribution in [3.8, 4) is 0 Å². The Balaban J connectivity index is 2.32. The van der Waals surface area contributed by atoms with Crippen molar-refractivity contribution in [2.24, 2.45) is 0 Å². The number of hydrogen-bond donors (Lipinski definition) is 0. The van der Waals surface area contributed by atoms with E-state index in [1.54, 1.807) is 24.3 Å². The van der Waals surface area contributed by atoms with Crippen molar-refractivity contribution in [1.82, 2.24) is 0 Å². The minimum absolute atomic E-state index is 0.310. The van der Waals surface area contributed by atoms with Gasteiger partial charge in [0.25, 0.3) is 0 Å². The molecule has 16 heavy (non-hydrogen) atoms. The van der Waals surface area contributed by atoms with E-state index < -0.39 is 0 Å². The van der Waals surface area contributed by atoms with Crippen molar-refractivity contribution < 1.29 is 8.78 Å². The topological polar surface area (TPSA) is 0 Å². The summed E-state index contributed by atoms with van der Waals surface area (Å²) in [7, 11) is 0. The van der Waals surface area contributed by atoms with E-state index in [4.69, 9.17) is 6.58 Å². The SMILES string of the molecule is [CH]=C(c1ccc(F)cc1)c1ccc(F)cc1. The molecule has 0 amide bonds. The molecule has 2 aromatic rings. The van der Waals surface area contributed by atoms with Gasteiger partial charge in [-0.3, -0.25) is 0 Å². The van der Waals surface area contributed by atoms with Gasteiger partial charge in [-0.15, -0.1) is 0 Å². The van der Waals surface area contributed by atoms with Crippen LogP contribution in [0.2, 0.25) is 0 Å². The first-order chi connectivity index (χ1) is 7.66. The van der Waals surface area contributed by atoms with Crippen LogP contribution in [0.1, 0.15) is 11.1 Å². The Morgan fingerprint density at radius 1 is 0.688 bits per heavy atom. The van der Waals surface area contributed by atoms with Gasteiger partial charge in [-0.1, -0.05) is 30.8 Å². The van der Waals surface area contributed by atoms with E-state index >= 15 is 0 Å². The van der Waals surface area contributed by atoms with Gasteiger partial charge in [-0.25, -0.2) is 8.78 Å². The maximum Gasteiger partial charge on any atom is 0.123 e. The molecule has 2 heteroatoms. The molecular formula is C14H9F2. The zero-order chi connectivity index (χ0) is 11.5. The van der Waals surface area contributed by atoms with E-state index in [-0.39, 0.29) is 11.6 Å². The Kier molecular flexibility index (Phi) is 2.82. The zero-order valence-corrected chi connectivity index (χ0v) is 8.45. The second kappa shape index (κ2) is 4.27. The lowest BCUT2D eigenvalue weighted by Gasteiger charge is -2.05. The average Bonchev–Trinajstić information content (AvgIpc) is 2.30. The lowest BCUT2D eigenvalue weighted by atomic mass is 10.00. The fourth-order valence-electron chi connectivity index (χ4n) is 1.43. The molecule has 79 valence electrons. The Hall–Kier alpha value is -1.96. The Morgan fingerprint density at radius 2 is 1.00 bits per heavy atom. The molecule has 2 rings (SSSR count). The molecule has 1 radical (unpaired) electrons. The number of hydrogen-bond acceptors (Lipinski definition) is 0. The van der Waals surface area contributed by atoms with E-state index in [9.17, 15) is 8.78 Å². The highest BCUT2D eigenvalue weighted by Gasteiger charge is 2.02. The molecule has 0 fully saturated rings. The summed E-state index contributed by atoms with van der Waals surface area (Å²) in [6.45, 7) is 5.89. The van der Waals surface area contributed by atoms with Crippen molar-refractivity contribution in [3.63, 3.8) is 0 Å². The number of halogens is 2. The van der Waals surface area contributed by atoms with Crippen LogP contribution in [-0.4, -0.2) is 0 Å². The van der Waals surface area contributed by atoms with Gasteiger partial charge in [0.1, 0.15) is 11.6 Å². The molecule has 0 nitrogen and oxygen atoms in total. The normalized spacial score (nSPS) is 10.1. The molecule has 0 saturated heterocycles. The summed E-state index contributed by atoms with van der Waals surface area (Å²) in [5.74, 6) is -0.619. The van der Waals surface area contributed by atoms with Crippen molar-refractivity contribution in [1.29, 1.82) is 0 Å². The van der Waals surface area contributed by atoms with E-state index in [2.05, 4.69) is 0 Å². The van der Waals surface area contributed by atoms with Crippen LogP contribution < -0.4 is 0 Å². The average molecular weight is 215 g/mol. The van der Waals surface area contributed by atoms with Gasteiger partial charge in [0.15, 0.2) is 0 Å². The first-order valence-corrected chi connectivity index (χ1v) is 4.81. The van der Waals surface area contributed by atoms with Gasteiger partial charge in [0.05, 0.1) is 0 Å². The van der Waals surface area contributed by atoms with Gasteiger partial charge in [0.2, 0.25) is 0 Å². The smallest absolute Gasteiger partial charge is 0.123 e. The van der Waals surface area contributed by atoms with Crippen molar-refractivity contribution in [2.45, 2.75) is 0 Å². The fraction of sp³-hybridized carbons (Fsp3) is 0. The van der Waals surface area contributed by atoms with Crippen molar-refractivity contribution >= 4 is 5.57 Å². The molecule has 0 aliphatic rings. The van der Waals surface area contributed by atoms with Gasteiger partial charge in [-0.05, 0) is 41.0 Å². The largest absolute Gasteiger partial charge is 0.207 e. The van der Waals surface area contributed by atoms with Crippen LogP contribution in [0, 0.1) is 18.2 Å². The van der Waals surface area contributed by atoms with Crippen LogP contribution in [0.5, 0.6) is 0 Å². The Bertz CT molecular complexity index is 448. The summed E-state index contributed by atoms with van der Waals surface area (Å²) >= 11 is 0. The number of rotatable bonds is 2. The van der Waals surface area contributed by atoms with Gasteiger partial charge in [-0.2, -0.15) is 0 Å². The second-order valence-electron chi connectivity index (χ2n) is 3.43. The minimum atomic E-state index is -0.310. The highest BCUT2D eigenvalue weighted by atomic mass is 19.1. The summed E-state index contributed by atoms with van der Waals surface area (Å²) in [5.41, 5.74) is 1.93. The van der Waals surface area contributed by atoms with Gasteiger partial charge in [0, 0.05) is 0 Å². The highest BCUT2D eigenvalue weighted by Crippen LogP contribution is 2.21. The molecule has 0 N–H and O–H groups in total. The lowest BCUT2D eigenvalue weighted by molar-refractivity contribution is 0.627. The summed E-state index contributed by atoms with van der Waals surface area (Å²) in [5, 5.41) is 0. The van der Waals surface area contributed by atoms with Crippen LogP contribution in [0.4, 0.5) is 8.78 Å². The first-order valence-electron chi connectivity index (χ1n) is 4.81. The summed E-state index contributed by atoms with van der Waals surface area (Å²) in [6.07, 6.45) is 0. The molecule has 0 saturated carbocycles. The van der Waals surface area contributed by atoms with Crippen LogP contribution in [0.3, 0.4) is 0 Å². The highest BCUT2D eigenvalue weighted by molar-refractivity contribution is 5.76. The molecular weight excluding hydrogens is 206 g/mol. The van der Waals surface area contributed by atoms with E-state index in [1.165, 1.54) is 24.3 Å². The van der Waals surface area contributed by atoms with Crippen LogP contribution >= 0.6 is 0 Å². The molecule has 0 atom stereocenters. The molecule has 0 aliphatic carbocycles. The van der Waals surface area contributed by atoms with Crippen LogP contribution in [0.15, 0.2) is 48.5 Å². The maximum absolute atomic E-state index is 12.7. The third-order valence-corrected chi connectivity index (χ3v) is 2.31. The minimum Gasteiger partial charge on any atom is -0.207 e. The molecule has 0 unspecified atom stereocenters. The van der Waals surface area contributed by atoms with Gasteiger partial charge >= 0.3 is 0 Å². The van der Waals surface area contributed by atoms with E-state index in [1.807, 2.05) is 0 Å². The standard InChI is InChI=1S/C14H9F2/c1-10(11-2-6-13(15)7-3-11)12-4-8-14(16)9-5-12/h1-9H. The predicted octanol–water partition coefficient (Wildman–Crippen LogP) is 3.83. The Morgan fingerprint density at radius 3 is 1.31 bits per heavy atom. The van der Waals surface area contributed by atoms with Crippen molar-refractivity contribution in [2.75, 3.05) is 0 Å². The predicted molar refractivity (Wildman–Crippen MR) is 59.6 cm³/mol.